The van der Waals surface area contributed by atoms with E-state index in [0.29, 0.717) is 13.2 Å². The largest absolute Gasteiger partial charge is 0.466 e. The molecule has 0 bridgehead atoms. The lowest BCUT2D eigenvalue weighted by molar-refractivity contribution is -0.145. The Morgan fingerprint density at radius 3 is 3.05 bits per heavy atom. The third-order valence-electron chi connectivity index (χ3n) is 3.03. The highest BCUT2D eigenvalue weighted by Gasteiger charge is 2.30. The summed E-state index contributed by atoms with van der Waals surface area (Å²) in [5.41, 5.74) is 1.03. The molecule has 1 aliphatic heterocycles. The number of amides is 1. The lowest BCUT2D eigenvalue weighted by Crippen LogP contribution is -2.30. The van der Waals surface area contributed by atoms with E-state index in [1.807, 2.05) is 17.0 Å². The van der Waals surface area contributed by atoms with Crippen LogP contribution in [0.2, 0.25) is 0 Å². The van der Waals surface area contributed by atoms with Gasteiger partial charge in [-0.05, 0) is 13.0 Å². The Kier molecular flexibility index (Phi) is 5.40. The fourth-order valence-electron chi connectivity index (χ4n) is 2.11. The number of ether oxygens (including phenoxy) is 1. The number of pyridine rings is 1. The lowest BCUT2D eigenvalue weighted by Gasteiger charge is -2.23. The molecule has 0 radical (unpaired) electrons. The molecule has 5 nitrogen and oxygen atoms in total. The zero-order valence-corrected chi connectivity index (χ0v) is 12.3. The summed E-state index contributed by atoms with van der Waals surface area (Å²) in [6.45, 7) is 2.83. The second kappa shape index (κ2) is 7.28. The Bertz CT molecular complexity index is 467. The first-order valence-electron chi connectivity index (χ1n) is 6.69. The maximum atomic E-state index is 12.2. The number of carbonyl (C=O) groups is 2. The Balaban J connectivity index is 1.93. The van der Waals surface area contributed by atoms with Crippen molar-refractivity contribution in [1.82, 2.24) is 9.88 Å². The molecule has 0 aliphatic carbocycles. The van der Waals surface area contributed by atoms with Gasteiger partial charge in [-0.3, -0.25) is 14.6 Å². The minimum absolute atomic E-state index is 0.00286. The number of nitrogens with zero attached hydrogens (tertiary/aromatic N) is 2. The van der Waals surface area contributed by atoms with Gasteiger partial charge in [0.15, 0.2) is 0 Å². The smallest absolute Gasteiger partial charge is 0.306 e. The van der Waals surface area contributed by atoms with E-state index in [1.54, 1.807) is 31.1 Å². The highest BCUT2D eigenvalue weighted by atomic mass is 32.2. The SMILES string of the molecule is CCOC(=O)CCC(=O)N1CCSC1c1cccnc1. The first-order chi connectivity index (χ1) is 9.72. The van der Waals surface area contributed by atoms with Gasteiger partial charge in [0, 0.05) is 36.7 Å². The average molecular weight is 294 g/mol. The normalized spacial score (nSPS) is 18.1. The molecule has 1 fully saturated rings. The highest BCUT2D eigenvalue weighted by molar-refractivity contribution is 7.99. The highest BCUT2D eigenvalue weighted by Crippen LogP contribution is 2.37. The molecule has 1 amide bonds. The number of thioether (sulfide) groups is 1. The fourth-order valence-corrected chi connectivity index (χ4v) is 3.37. The molecule has 2 heterocycles. The van der Waals surface area contributed by atoms with Crippen molar-refractivity contribution in [1.29, 1.82) is 0 Å². The molecule has 1 aromatic rings. The summed E-state index contributed by atoms with van der Waals surface area (Å²) in [4.78, 5) is 29.4. The molecular formula is C14H18N2O3S. The van der Waals surface area contributed by atoms with Crippen molar-refractivity contribution >= 4 is 23.6 Å². The zero-order valence-electron chi connectivity index (χ0n) is 11.4. The summed E-state index contributed by atoms with van der Waals surface area (Å²) in [7, 11) is 0. The van der Waals surface area contributed by atoms with E-state index >= 15 is 0 Å². The Hall–Kier alpha value is -1.56. The Morgan fingerprint density at radius 1 is 1.50 bits per heavy atom. The zero-order chi connectivity index (χ0) is 14.4. The standard InChI is InChI=1S/C14H18N2O3S/c1-2-19-13(18)6-5-12(17)16-8-9-20-14(16)11-4-3-7-15-10-11/h3-4,7,10,14H,2,5-6,8-9H2,1H3. The van der Waals surface area contributed by atoms with Crippen molar-refractivity contribution in [3.05, 3.63) is 30.1 Å². The Labute approximate surface area is 122 Å². The van der Waals surface area contributed by atoms with Crippen LogP contribution in [0.25, 0.3) is 0 Å². The van der Waals surface area contributed by atoms with E-state index in [-0.39, 0.29) is 30.1 Å². The van der Waals surface area contributed by atoms with Crippen molar-refractivity contribution in [3.63, 3.8) is 0 Å². The minimum atomic E-state index is -0.314. The van der Waals surface area contributed by atoms with Gasteiger partial charge in [0.2, 0.25) is 5.91 Å². The van der Waals surface area contributed by atoms with Crippen molar-refractivity contribution < 1.29 is 14.3 Å². The topological polar surface area (TPSA) is 59.5 Å². The predicted molar refractivity (Wildman–Crippen MR) is 77.0 cm³/mol. The average Bonchev–Trinajstić information content (AvgIpc) is 2.95. The molecule has 0 spiro atoms. The van der Waals surface area contributed by atoms with Crippen molar-refractivity contribution in [2.24, 2.45) is 0 Å². The molecule has 1 aromatic heterocycles. The van der Waals surface area contributed by atoms with Crippen LogP contribution in [0.5, 0.6) is 0 Å². The molecule has 1 aliphatic rings. The van der Waals surface area contributed by atoms with E-state index in [1.165, 1.54) is 0 Å². The third kappa shape index (κ3) is 3.72. The molecule has 6 heteroatoms. The van der Waals surface area contributed by atoms with E-state index in [4.69, 9.17) is 4.74 Å². The van der Waals surface area contributed by atoms with Gasteiger partial charge in [-0.15, -0.1) is 11.8 Å². The Morgan fingerprint density at radius 2 is 2.35 bits per heavy atom. The van der Waals surface area contributed by atoms with Crippen LogP contribution in [0.3, 0.4) is 0 Å². The third-order valence-corrected chi connectivity index (χ3v) is 4.29. The number of rotatable bonds is 5. The molecule has 0 aromatic carbocycles. The van der Waals surface area contributed by atoms with Crippen LogP contribution in [0, 0.1) is 0 Å². The summed E-state index contributed by atoms with van der Waals surface area (Å²) in [5, 5.41) is 0.0124. The fraction of sp³-hybridized carbons (Fsp3) is 0.500. The molecule has 0 N–H and O–H groups in total. The number of carbonyl (C=O) groups excluding carboxylic acids is 2. The molecule has 1 saturated heterocycles. The monoisotopic (exact) mass is 294 g/mol. The van der Waals surface area contributed by atoms with Gasteiger partial charge in [0.25, 0.3) is 0 Å². The van der Waals surface area contributed by atoms with Crippen LogP contribution in [0.4, 0.5) is 0 Å². The van der Waals surface area contributed by atoms with Crippen molar-refractivity contribution in [3.8, 4) is 0 Å². The van der Waals surface area contributed by atoms with Gasteiger partial charge < -0.3 is 9.64 Å². The van der Waals surface area contributed by atoms with E-state index in [0.717, 1.165) is 11.3 Å². The van der Waals surface area contributed by atoms with E-state index < -0.39 is 0 Å². The number of hydrogen-bond donors (Lipinski definition) is 0. The van der Waals surface area contributed by atoms with Gasteiger partial charge in [0.05, 0.1) is 13.0 Å². The molecule has 1 unspecified atom stereocenters. The number of aromatic nitrogens is 1. The van der Waals surface area contributed by atoms with Crippen LogP contribution >= 0.6 is 11.8 Å². The summed E-state index contributed by atoms with van der Waals surface area (Å²) in [6, 6.07) is 3.84. The molecular weight excluding hydrogens is 276 g/mol. The maximum absolute atomic E-state index is 12.2. The lowest BCUT2D eigenvalue weighted by atomic mass is 10.2. The summed E-state index contributed by atoms with van der Waals surface area (Å²) >= 11 is 1.73. The second-order valence-corrected chi connectivity index (χ2v) is 5.59. The van der Waals surface area contributed by atoms with E-state index in [2.05, 4.69) is 4.98 Å². The summed E-state index contributed by atoms with van der Waals surface area (Å²) in [6.07, 6.45) is 3.86. The van der Waals surface area contributed by atoms with Gasteiger partial charge in [0.1, 0.15) is 5.37 Å². The van der Waals surface area contributed by atoms with Crippen LogP contribution in [0.15, 0.2) is 24.5 Å². The van der Waals surface area contributed by atoms with Crippen LogP contribution in [0.1, 0.15) is 30.7 Å². The molecule has 1 atom stereocenters. The van der Waals surface area contributed by atoms with Gasteiger partial charge >= 0.3 is 5.97 Å². The summed E-state index contributed by atoms with van der Waals surface area (Å²) in [5.74, 6) is 0.590. The molecule has 108 valence electrons. The molecule has 20 heavy (non-hydrogen) atoms. The van der Waals surface area contributed by atoms with Gasteiger partial charge in [-0.2, -0.15) is 0 Å². The maximum Gasteiger partial charge on any atom is 0.306 e. The van der Waals surface area contributed by atoms with Crippen LogP contribution < -0.4 is 0 Å². The van der Waals surface area contributed by atoms with Crippen molar-refractivity contribution in [2.75, 3.05) is 18.9 Å². The van der Waals surface area contributed by atoms with Crippen LogP contribution in [-0.2, 0) is 14.3 Å². The van der Waals surface area contributed by atoms with Gasteiger partial charge in [-0.25, -0.2) is 0 Å². The van der Waals surface area contributed by atoms with Crippen molar-refractivity contribution in [2.45, 2.75) is 25.1 Å². The predicted octanol–water partition coefficient (Wildman–Crippen LogP) is 2.00. The quantitative estimate of drug-likeness (QED) is 0.777. The number of hydrogen-bond acceptors (Lipinski definition) is 5. The number of esters is 1. The first kappa shape index (κ1) is 14.8. The summed E-state index contributed by atoms with van der Waals surface area (Å²) < 4.78 is 4.84. The van der Waals surface area contributed by atoms with Gasteiger partial charge in [-0.1, -0.05) is 6.07 Å². The molecule has 2 rings (SSSR count). The van der Waals surface area contributed by atoms with Crippen LogP contribution in [-0.4, -0.2) is 40.7 Å². The first-order valence-corrected chi connectivity index (χ1v) is 7.74. The second-order valence-electron chi connectivity index (χ2n) is 4.40. The molecule has 0 saturated carbocycles. The van der Waals surface area contributed by atoms with E-state index in [9.17, 15) is 9.59 Å². The minimum Gasteiger partial charge on any atom is -0.466 e.